The molecule has 0 radical (unpaired) electrons. The minimum atomic E-state index is -3.90. The van der Waals surface area contributed by atoms with Gasteiger partial charge in [0.25, 0.3) is 0 Å². The van der Waals surface area contributed by atoms with Crippen molar-refractivity contribution in [1.29, 1.82) is 0 Å². The molecule has 0 atom stereocenters. The van der Waals surface area contributed by atoms with E-state index in [1.54, 1.807) is 24.3 Å². The lowest BCUT2D eigenvalue weighted by atomic mass is 10.1. The second-order valence-electron chi connectivity index (χ2n) is 8.48. The van der Waals surface area contributed by atoms with Gasteiger partial charge >= 0.3 is 16.2 Å². The van der Waals surface area contributed by atoms with Crippen molar-refractivity contribution in [2.45, 2.75) is 46.8 Å². The normalized spacial score (nSPS) is 14.4. The van der Waals surface area contributed by atoms with Gasteiger partial charge in [-0.3, -0.25) is 4.79 Å². The summed E-state index contributed by atoms with van der Waals surface area (Å²) in [7, 11) is -3.90. The van der Waals surface area contributed by atoms with E-state index in [0.29, 0.717) is 41.7 Å². The number of hydroxylamine groups is 1. The molecule has 1 aliphatic heterocycles. The molecule has 35 heavy (non-hydrogen) atoms. The van der Waals surface area contributed by atoms with Gasteiger partial charge < -0.3 is 14.0 Å². The van der Waals surface area contributed by atoms with Crippen molar-refractivity contribution in [2.75, 3.05) is 13.1 Å². The third-order valence-electron chi connectivity index (χ3n) is 5.68. The first-order valence-electron chi connectivity index (χ1n) is 11.4. The molecule has 186 valence electrons. The highest BCUT2D eigenvalue weighted by molar-refractivity contribution is 7.86. The molecular weight excluding hydrogens is 470 g/mol. The standard InChI is InChI=1S/C25H29N3O6S/c1-18-6-10-22(11-7-18)25-26-24(19(2)33-25)17-32-23-12-8-21(9-13-23)16-28(34-20(3)29)35(30,31)27-14-4-5-15-27/h6-13H,4-5,14-17H2,1-3H3. The largest absolute Gasteiger partial charge is 0.487 e. The van der Waals surface area contributed by atoms with E-state index >= 15 is 0 Å². The molecular formula is C25H29N3O6S. The van der Waals surface area contributed by atoms with E-state index in [9.17, 15) is 13.2 Å². The zero-order chi connectivity index (χ0) is 25.0. The van der Waals surface area contributed by atoms with Crippen LogP contribution < -0.4 is 4.74 Å². The van der Waals surface area contributed by atoms with Crippen molar-refractivity contribution in [3.8, 4) is 17.2 Å². The minimum absolute atomic E-state index is 0.0962. The lowest BCUT2D eigenvalue weighted by molar-refractivity contribution is -0.168. The number of oxazole rings is 1. The summed E-state index contributed by atoms with van der Waals surface area (Å²) in [6.07, 6.45) is 1.58. The first kappa shape index (κ1) is 24.9. The second kappa shape index (κ2) is 10.6. The lowest BCUT2D eigenvalue weighted by Gasteiger charge is -2.25. The van der Waals surface area contributed by atoms with Crippen LogP contribution in [0.3, 0.4) is 0 Å². The van der Waals surface area contributed by atoms with Gasteiger partial charge in [-0.25, -0.2) is 4.98 Å². The first-order chi connectivity index (χ1) is 16.7. The zero-order valence-electron chi connectivity index (χ0n) is 20.1. The van der Waals surface area contributed by atoms with Gasteiger partial charge in [0.05, 0.1) is 6.54 Å². The van der Waals surface area contributed by atoms with Crippen LogP contribution in [0.2, 0.25) is 0 Å². The van der Waals surface area contributed by atoms with Crippen LogP contribution in [0.15, 0.2) is 52.9 Å². The highest BCUT2D eigenvalue weighted by Crippen LogP contribution is 2.24. The molecule has 0 spiro atoms. The van der Waals surface area contributed by atoms with Crippen LogP contribution in [0, 0.1) is 13.8 Å². The molecule has 0 saturated carbocycles. The number of carbonyl (C=O) groups excluding carboxylic acids is 1. The molecule has 2 heterocycles. The third-order valence-corrected chi connectivity index (χ3v) is 7.42. The highest BCUT2D eigenvalue weighted by atomic mass is 32.2. The number of rotatable bonds is 9. The van der Waals surface area contributed by atoms with Crippen LogP contribution in [-0.2, 0) is 33.0 Å². The summed E-state index contributed by atoms with van der Waals surface area (Å²) in [4.78, 5) is 21.1. The van der Waals surface area contributed by atoms with Crippen molar-refractivity contribution in [2.24, 2.45) is 0 Å². The number of ether oxygens (including phenoxy) is 1. The Morgan fingerprint density at radius 2 is 1.71 bits per heavy atom. The Kier molecular flexibility index (Phi) is 7.54. The number of hydrogen-bond acceptors (Lipinski definition) is 7. The van der Waals surface area contributed by atoms with Crippen LogP contribution >= 0.6 is 0 Å². The molecule has 0 bridgehead atoms. The van der Waals surface area contributed by atoms with Crippen molar-refractivity contribution in [1.82, 2.24) is 13.8 Å². The van der Waals surface area contributed by atoms with Gasteiger partial charge in [0, 0.05) is 25.6 Å². The fraction of sp³-hybridized carbons (Fsp3) is 0.360. The number of aromatic nitrogens is 1. The van der Waals surface area contributed by atoms with E-state index in [0.717, 1.165) is 28.4 Å². The van der Waals surface area contributed by atoms with Crippen LogP contribution in [0.5, 0.6) is 5.75 Å². The van der Waals surface area contributed by atoms with Gasteiger partial charge in [-0.15, -0.1) is 0 Å². The molecule has 2 aromatic carbocycles. The van der Waals surface area contributed by atoms with Crippen molar-refractivity contribution < 1.29 is 27.2 Å². The number of benzene rings is 2. The summed E-state index contributed by atoms with van der Waals surface area (Å²) >= 11 is 0. The van der Waals surface area contributed by atoms with Crippen LogP contribution in [0.25, 0.3) is 11.5 Å². The number of aryl methyl sites for hydroxylation is 2. The van der Waals surface area contributed by atoms with Crippen LogP contribution in [0.1, 0.15) is 42.3 Å². The molecule has 0 N–H and O–H groups in total. The predicted octanol–water partition coefficient (Wildman–Crippen LogP) is 4.16. The van der Waals surface area contributed by atoms with Crippen LogP contribution in [-0.4, -0.2) is 41.2 Å². The van der Waals surface area contributed by atoms with Crippen LogP contribution in [0.4, 0.5) is 0 Å². The van der Waals surface area contributed by atoms with Gasteiger partial charge in [0.15, 0.2) is 0 Å². The quantitative estimate of drug-likeness (QED) is 0.407. The Morgan fingerprint density at radius 3 is 2.34 bits per heavy atom. The fourth-order valence-electron chi connectivity index (χ4n) is 3.73. The van der Waals surface area contributed by atoms with Gasteiger partial charge in [0.1, 0.15) is 23.8 Å². The van der Waals surface area contributed by atoms with Crippen molar-refractivity contribution in [3.05, 3.63) is 71.1 Å². The minimum Gasteiger partial charge on any atom is -0.487 e. The second-order valence-corrected chi connectivity index (χ2v) is 10.3. The molecule has 10 heteroatoms. The summed E-state index contributed by atoms with van der Waals surface area (Å²) in [6, 6.07) is 14.9. The monoisotopic (exact) mass is 499 g/mol. The molecule has 1 aliphatic rings. The molecule has 1 saturated heterocycles. The van der Waals surface area contributed by atoms with E-state index in [2.05, 4.69) is 4.98 Å². The molecule has 4 rings (SSSR count). The smallest absolute Gasteiger partial charge is 0.323 e. The SMILES string of the molecule is CC(=O)ON(Cc1ccc(OCc2nc(-c3ccc(C)cc3)oc2C)cc1)S(=O)(=O)N1CCCC1. The van der Waals surface area contributed by atoms with E-state index in [1.807, 2.05) is 38.1 Å². The number of hydrogen-bond donors (Lipinski definition) is 0. The molecule has 1 aromatic heterocycles. The zero-order valence-corrected chi connectivity index (χ0v) is 20.9. The molecule has 9 nitrogen and oxygen atoms in total. The average Bonchev–Trinajstić information content (AvgIpc) is 3.49. The summed E-state index contributed by atoms with van der Waals surface area (Å²) < 4.78 is 39.5. The van der Waals surface area contributed by atoms with E-state index in [-0.39, 0.29) is 13.2 Å². The maximum Gasteiger partial charge on any atom is 0.323 e. The van der Waals surface area contributed by atoms with Crippen molar-refractivity contribution >= 4 is 16.2 Å². The fourth-order valence-corrected chi connectivity index (χ4v) is 5.21. The van der Waals surface area contributed by atoms with Crippen molar-refractivity contribution in [3.63, 3.8) is 0 Å². The number of carbonyl (C=O) groups is 1. The topological polar surface area (TPSA) is 102 Å². The summed E-state index contributed by atoms with van der Waals surface area (Å²) in [6.45, 7) is 6.01. The Bertz CT molecular complexity index is 1260. The Labute approximate surface area is 205 Å². The molecule has 1 fully saturated rings. The maximum absolute atomic E-state index is 12.9. The predicted molar refractivity (Wildman–Crippen MR) is 129 cm³/mol. The summed E-state index contributed by atoms with van der Waals surface area (Å²) in [5.74, 6) is 1.12. The van der Waals surface area contributed by atoms with Gasteiger partial charge in [-0.05, 0) is 61.0 Å². The van der Waals surface area contributed by atoms with Gasteiger partial charge in [-0.1, -0.05) is 29.8 Å². The summed E-state index contributed by atoms with van der Waals surface area (Å²) in [5.41, 5.74) is 3.41. The third kappa shape index (κ3) is 6.08. The molecule has 0 unspecified atom stereocenters. The molecule has 0 aliphatic carbocycles. The van der Waals surface area contributed by atoms with Gasteiger partial charge in [0.2, 0.25) is 5.89 Å². The molecule has 0 amide bonds. The number of nitrogens with zero attached hydrogens (tertiary/aromatic N) is 3. The van der Waals surface area contributed by atoms with E-state index in [1.165, 1.54) is 11.2 Å². The Hall–Kier alpha value is -3.21. The maximum atomic E-state index is 12.9. The van der Waals surface area contributed by atoms with E-state index < -0.39 is 16.2 Å². The lowest BCUT2D eigenvalue weighted by Crippen LogP contribution is -2.42. The molecule has 3 aromatic rings. The Morgan fingerprint density at radius 1 is 1.06 bits per heavy atom. The average molecular weight is 500 g/mol. The summed E-state index contributed by atoms with van der Waals surface area (Å²) in [5, 5.41) is 0. The Balaban J connectivity index is 1.40. The van der Waals surface area contributed by atoms with E-state index in [4.69, 9.17) is 14.0 Å². The first-order valence-corrected chi connectivity index (χ1v) is 12.8. The highest BCUT2D eigenvalue weighted by Gasteiger charge is 2.34. The van der Waals surface area contributed by atoms with Gasteiger partial charge in [-0.2, -0.15) is 12.7 Å².